The molecule has 2 N–H and O–H groups in total. The number of sulfonamides is 1. The van der Waals surface area contributed by atoms with Crippen LogP contribution in [0, 0.1) is 0 Å². The number of rotatable bonds is 8. The van der Waals surface area contributed by atoms with Gasteiger partial charge in [0.25, 0.3) is 0 Å². The van der Waals surface area contributed by atoms with Gasteiger partial charge in [0, 0.05) is 18.7 Å². The zero-order chi connectivity index (χ0) is 19.3. The van der Waals surface area contributed by atoms with Crippen LogP contribution in [0.15, 0.2) is 48.5 Å². The van der Waals surface area contributed by atoms with Gasteiger partial charge < -0.3 is 5.32 Å². The van der Waals surface area contributed by atoms with Crippen LogP contribution in [0.1, 0.15) is 18.9 Å². The summed E-state index contributed by atoms with van der Waals surface area (Å²) in [5.41, 5.74) is 2.94. The minimum Gasteiger partial charge on any atom is -0.326 e. The second-order valence-corrected chi connectivity index (χ2v) is 7.97. The molecule has 142 valence electrons. The lowest BCUT2D eigenvalue weighted by molar-refractivity contribution is -0.115. The number of fused-ring (bicyclic) bond motifs is 1. The van der Waals surface area contributed by atoms with Crippen molar-refractivity contribution in [3.8, 4) is 0 Å². The first-order valence-electron chi connectivity index (χ1n) is 8.61. The number of anilines is 1. The predicted octanol–water partition coefficient (Wildman–Crippen LogP) is 1.90. The highest BCUT2D eigenvalue weighted by Gasteiger charge is 2.12. The van der Waals surface area contributed by atoms with E-state index in [0.29, 0.717) is 12.1 Å². The number of hydrogen-bond acceptors (Lipinski definition) is 5. The SMILES string of the molecule is CCC(=O)Nc1cccc(CNS(=O)(=O)CCn2nnc3ccccc32)c1. The van der Waals surface area contributed by atoms with Gasteiger partial charge in [0.2, 0.25) is 15.9 Å². The lowest BCUT2D eigenvalue weighted by Gasteiger charge is -2.09. The second-order valence-electron chi connectivity index (χ2n) is 6.04. The summed E-state index contributed by atoms with van der Waals surface area (Å²) in [4.78, 5) is 11.5. The molecule has 0 aliphatic rings. The highest BCUT2D eigenvalue weighted by atomic mass is 32.2. The minimum absolute atomic E-state index is 0.0900. The largest absolute Gasteiger partial charge is 0.326 e. The monoisotopic (exact) mass is 387 g/mol. The standard InChI is InChI=1S/C18H21N5O3S/c1-2-18(24)20-15-7-5-6-14(12-15)13-19-27(25,26)11-10-23-17-9-4-3-8-16(17)21-22-23/h3-9,12,19H,2,10-11,13H2,1H3,(H,20,24). The number of hydrogen-bond donors (Lipinski definition) is 2. The van der Waals surface area contributed by atoms with Gasteiger partial charge in [-0.3, -0.25) is 4.79 Å². The molecule has 3 rings (SSSR count). The zero-order valence-electron chi connectivity index (χ0n) is 14.9. The number of amides is 1. The Labute approximate surface area is 157 Å². The Bertz CT molecular complexity index is 1050. The van der Waals surface area contributed by atoms with E-state index in [9.17, 15) is 13.2 Å². The Kier molecular flexibility index (Phi) is 5.82. The number of aromatic nitrogens is 3. The molecule has 27 heavy (non-hydrogen) atoms. The van der Waals surface area contributed by atoms with E-state index in [1.807, 2.05) is 24.3 Å². The summed E-state index contributed by atoms with van der Waals surface area (Å²) in [6.45, 7) is 2.13. The molecule has 0 saturated carbocycles. The number of nitrogens with one attached hydrogen (secondary N) is 2. The van der Waals surface area contributed by atoms with Crippen molar-refractivity contribution in [2.75, 3.05) is 11.1 Å². The first-order valence-corrected chi connectivity index (χ1v) is 10.3. The van der Waals surface area contributed by atoms with Gasteiger partial charge in [-0.2, -0.15) is 0 Å². The third kappa shape index (κ3) is 5.11. The van der Waals surface area contributed by atoms with E-state index in [1.165, 1.54) is 0 Å². The molecule has 0 spiro atoms. The first-order chi connectivity index (χ1) is 13.0. The summed E-state index contributed by atoms with van der Waals surface area (Å²) in [5, 5.41) is 10.8. The summed E-state index contributed by atoms with van der Waals surface area (Å²) in [6, 6.07) is 14.5. The molecule has 9 heteroatoms. The normalized spacial score (nSPS) is 11.6. The van der Waals surface area contributed by atoms with Gasteiger partial charge in [-0.15, -0.1) is 5.10 Å². The van der Waals surface area contributed by atoms with Crippen LogP contribution in [0.4, 0.5) is 5.69 Å². The van der Waals surface area contributed by atoms with E-state index in [2.05, 4.69) is 20.4 Å². The van der Waals surface area contributed by atoms with Crippen molar-refractivity contribution in [3.05, 3.63) is 54.1 Å². The quantitative estimate of drug-likeness (QED) is 0.614. The average Bonchev–Trinajstić information content (AvgIpc) is 3.08. The van der Waals surface area contributed by atoms with Crippen LogP contribution >= 0.6 is 0 Å². The van der Waals surface area contributed by atoms with Crippen LogP contribution in [0.3, 0.4) is 0 Å². The fourth-order valence-electron chi connectivity index (χ4n) is 2.56. The van der Waals surface area contributed by atoms with Crippen molar-refractivity contribution in [2.45, 2.75) is 26.4 Å². The fourth-order valence-corrected chi connectivity index (χ4v) is 3.51. The van der Waals surface area contributed by atoms with E-state index in [1.54, 1.807) is 35.9 Å². The molecule has 0 bridgehead atoms. The Morgan fingerprint density at radius 3 is 2.78 bits per heavy atom. The molecule has 1 aromatic heterocycles. The van der Waals surface area contributed by atoms with Gasteiger partial charge >= 0.3 is 0 Å². The highest BCUT2D eigenvalue weighted by molar-refractivity contribution is 7.89. The first kappa shape index (κ1) is 19.0. The Hall–Kier alpha value is -2.78. The summed E-state index contributed by atoms with van der Waals surface area (Å²) in [6.07, 6.45) is 0.383. The molecule has 0 aliphatic heterocycles. The molecule has 2 aromatic carbocycles. The molecule has 3 aromatic rings. The number of para-hydroxylation sites is 1. The van der Waals surface area contributed by atoms with Gasteiger partial charge in [0.15, 0.2) is 0 Å². The summed E-state index contributed by atoms with van der Waals surface area (Å²) in [5.74, 6) is -0.195. The van der Waals surface area contributed by atoms with Crippen molar-refractivity contribution in [2.24, 2.45) is 0 Å². The molecule has 1 heterocycles. The van der Waals surface area contributed by atoms with E-state index in [4.69, 9.17) is 0 Å². The summed E-state index contributed by atoms with van der Waals surface area (Å²) in [7, 11) is -3.49. The topological polar surface area (TPSA) is 106 Å². The summed E-state index contributed by atoms with van der Waals surface area (Å²) < 4.78 is 28.8. The second kappa shape index (κ2) is 8.28. The number of carbonyl (C=O) groups excluding carboxylic acids is 1. The average molecular weight is 387 g/mol. The number of benzene rings is 2. The molecular formula is C18H21N5O3S. The van der Waals surface area contributed by atoms with Gasteiger partial charge in [-0.05, 0) is 29.8 Å². The molecule has 0 atom stereocenters. The molecule has 0 radical (unpaired) electrons. The van der Waals surface area contributed by atoms with E-state index in [-0.39, 0.29) is 24.7 Å². The molecular weight excluding hydrogens is 366 g/mol. The van der Waals surface area contributed by atoms with Gasteiger partial charge in [0.1, 0.15) is 5.52 Å². The zero-order valence-corrected chi connectivity index (χ0v) is 15.7. The Balaban J connectivity index is 1.58. The maximum atomic E-state index is 12.3. The fraction of sp³-hybridized carbons (Fsp3) is 0.278. The van der Waals surface area contributed by atoms with Crippen molar-refractivity contribution >= 4 is 32.7 Å². The van der Waals surface area contributed by atoms with E-state index < -0.39 is 10.0 Å². The maximum Gasteiger partial charge on any atom is 0.224 e. The molecule has 0 saturated heterocycles. The van der Waals surface area contributed by atoms with Gasteiger partial charge in [-0.1, -0.05) is 36.4 Å². The summed E-state index contributed by atoms with van der Waals surface area (Å²) >= 11 is 0. The van der Waals surface area contributed by atoms with Gasteiger partial charge in [0.05, 0.1) is 17.8 Å². The maximum absolute atomic E-state index is 12.3. The van der Waals surface area contributed by atoms with Crippen molar-refractivity contribution in [3.63, 3.8) is 0 Å². The van der Waals surface area contributed by atoms with E-state index in [0.717, 1.165) is 16.6 Å². The lowest BCUT2D eigenvalue weighted by Crippen LogP contribution is -2.28. The van der Waals surface area contributed by atoms with E-state index >= 15 is 0 Å². The lowest BCUT2D eigenvalue weighted by atomic mass is 10.2. The molecule has 8 nitrogen and oxygen atoms in total. The molecule has 1 amide bonds. The number of nitrogens with zero attached hydrogens (tertiary/aromatic N) is 3. The smallest absolute Gasteiger partial charge is 0.224 e. The van der Waals surface area contributed by atoms with Crippen molar-refractivity contribution in [1.82, 2.24) is 19.7 Å². The minimum atomic E-state index is -3.49. The van der Waals surface area contributed by atoms with Crippen LogP contribution in [-0.4, -0.2) is 35.1 Å². The highest BCUT2D eigenvalue weighted by Crippen LogP contribution is 2.12. The predicted molar refractivity (Wildman–Crippen MR) is 104 cm³/mol. The molecule has 0 aliphatic carbocycles. The van der Waals surface area contributed by atoms with Crippen LogP contribution in [0.2, 0.25) is 0 Å². The number of aryl methyl sites for hydroxylation is 1. The third-order valence-electron chi connectivity index (χ3n) is 4.02. The number of carbonyl (C=O) groups is 1. The van der Waals surface area contributed by atoms with Crippen LogP contribution in [-0.2, 0) is 27.9 Å². The molecule has 0 unspecified atom stereocenters. The Morgan fingerprint density at radius 1 is 1.15 bits per heavy atom. The van der Waals surface area contributed by atoms with Crippen molar-refractivity contribution < 1.29 is 13.2 Å². The van der Waals surface area contributed by atoms with Crippen molar-refractivity contribution in [1.29, 1.82) is 0 Å². The third-order valence-corrected chi connectivity index (χ3v) is 5.32. The van der Waals surface area contributed by atoms with Crippen LogP contribution in [0.5, 0.6) is 0 Å². The van der Waals surface area contributed by atoms with Crippen LogP contribution < -0.4 is 10.0 Å². The van der Waals surface area contributed by atoms with Gasteiger partial charge in [-0.25, -0.2) is 17.8 Å². The Morgan fingerprint density at radius 2 is 1.96 bits per heavy atom. The van der Waals surface area contributed by atoms with Crippen LogP contribution in [0.25, 0.3) is 11.0 Å². The molecule has 0 fully saturated rings.